The average Bonchev–Trinajstić information content (AvgIpc) is 3.24. The zero-order valence-corrected chi connectivity index (χ0v) is 18.1. The van der Waals surface area contributed by atoms with Crippen molar-refractivity contribution in [3.05, 3.63) is 53.9 Å². The fourth-order valence-corrected chi connectivity index (χ4v) is 5.62. The minimum Gasteiger partial charge on any atom is -0.486 e. The third kappa shape index (κ3) is 4.56. The quantitative estimate of drug-likeness (QED) is 0.714. The van der Waals surface area contributed by atoms with Crippen molar-refractivity contribution in [2.24, 2.45) is 0 Å². The Balaban J connectivity index is 0.00000231. The molecule has 1 aromatic heterocycles. The predicted molar refractivity (Wildman–Crippen MR) is 118 cm³/mol. The summed E-state index contributed by atoms with van der Waals surface area (Å²) >= 11 is 0. The van der Waals surface area contributed by atoms with Gasteiger partial charge in [0.25, 0.3) is 0 Å². The standard InChI is InChI=1S/C25H32N2O3.N/c1-4-13-27-22(8-1)24(12-15-30-25(19-24)9-2-3-10-25)11-14-26-18-20-6-5-7-21-23(20)29-17-16-28-21;/h1,4-8,13,26H,2-3,9-12,14-19H2;. The van der Waals surface area contributed by atoms with E-state index in [2.05, 4.69) is 23.5 Å². The molecule has 5 rings (SSSR count). The first-order valence-corrected chi connectivity index (χ1v) is 11.4. The van der Waals surface area contributed by atoms with Gasteiger partial charge in [-0.25, -0.2) is 0 Å². The van der Waals surface area contributed by atoms with Crippen molar-refractivity contribution in [1.29, 1.82) is 0 Å². The van der Waals surface area contributed by atoms with E-state index >= 15 is 0 Å². The van der Waals surface area contributed by atoms with Gasteiger partial charge in [0.2, 0.25) is 0 Å². The Morgan fingerprint density at radius 3 is 2.65 bits per heavy atom. The lowest BCUT2D eigenvalue weighted by Gasteiger charge is -2.46. The molecule has 6 heteroatoms. The summed E-state index contributed by atoms with van der Waals surface area (Å²) < 4.78 is 17.9. The van der Waals surface area contributed by atoms with Crippen LogP contribution in [0.25, 0.3) is 0 Å². The number of benzene rings is 1. The molecule has 1 saturated heterocycles. The van der Waals surface area contributed by atoms with E-state index in [1.807, 2.05) is 24.4 Å². The van der Waals surface area contributed by atoms with Gasteiger partial charge in [0.1, 0.15) is 13.2 Å². The molecule has 2 aliphatic heterocycles. The fraction of sp³-hybridized carbons (Fsp3) is 0.560. The van der Waals surface area contributed by atoms with Crippen LogP contribution in [-0.4, -0.2) is 37.0 Å². The Kier molecular flexibility index (Phi) is 6.80. The smallest absolute Gasteiger partial charge is 0.165 e. The Hall–Kier alpha value is -2.15. The molecule has 1 aliphatic carbocycles. The average molecular weight is 423 g/mol. The monoisotopic (exact) mass is 422 g/mol. The lowest BCUT2D eigenvalue weighted by atomic mass is 9.68. The fourth-order valence-electron chi connectivity index (χ4n) is 5.62. The molecular weight excluding hydrogens is 390 g/mol. The number of ether oxygens (including phenoxy) is 3. The van der Waals surface area contributed by atoms with Crippen molar-refractivity contribution in [3.63, 3.8) is 0 Å². The van der Waals surface area contributed by atoms with Crippen LogP contribution in [0.2, 0.25) is 0 Å². The van der Waals surface area contributed by atoms with E-state index in [-0.39, 0.29) is 17.2 Å². The first kappa shape index (κ1) is 22.1. The van der Waals surface area contributed by atoms with E-state index in [0.717, 1.165) is 50.5 Å². The second-order valence-corrected chi connectivity index (χ2v) is 9.03. The molecule has 2 aromatic rings. The number of hydrogen-bond donors (Lipinski definition) is 1. The summed E-state index contributed by atoms with van der Waals surface area (Å²) in [5.74, 6) is 1.75. The van der Waals surface area contributed by atoms with Crippen LogP contribution in [0.15, 0.2) is 42.6 Å². The molecule has 3 radical (unpaired) electrons. The van der Waals surface area contributed by atoms with Crippen LogP contribution in [0.1, 0.15) is 56.2 Å². The van der Waals surface area contributed by atoms with E-state index in [9.17, 15) is 0 Å². The van der Waals surface area contributed by atoms with Crippen LogP contribution in [-0.2, 0) is 16.7 Å². The minimum atomic E-state index is 0. The second-order valence-electron chi connectivity index (χ2n) is 9.03. The van der Waals surface area contributed by atoms with Gasteiger partial charge < -0.3 is 19.5 Å². The molecule has 6 nitrogen and oxygen atoms in total. The number of fused-ring (bicyclic) bond motifs is 1. The molecule has 1 N–H and O–H groups in total. The molecule has 3 aliphatic rings. The number of hydrogen-bond acceptors (Lipinski definition) is 5. The molecule has 0 bridgehead atoms. The highest BCUT2D eigenvalue weighted by Gasteiger charge is 2.48. The summed E-state index contributed by atoms with van der Waals surface area (Å²) in [5.41, 5.74) is 2.56. The van der Waals surface area contributed by atoms with Crippen LogP contribution in [0.4, 0.5) is 0 Å². The molecule has 2 fully saturated rings. The van der Waals surface area contributed by atoms with Gasteiger partial charge in [-0.1, -0.05) is 31.0 Å². The lowest BCUT2D eigenvalue weighted by molar-refractivity contribution is -0.104. The van der Waals surface area contributed by atoms with E-state index in [1.165, 1.54) is 36.9 Å². The molecule has 31 heavy (non-hydrogen) atoms. The highest BCUT2D eigenvalue weighted by Crippen LogP contribution is 2.49. The highest BCUT2D eigenvalue weighted by atomic mass is 16.6. The topological polar surface area (TPSA) is 83.1 Å². The number of para-hydroxylation sites is 1. The molecule has 1 unspecified atom stereocenters. The Labute approximate surface area is 185 Å². The Morgan fingerprint density at radius 2 is 1.81 bits per heavy atom. The van der Waals surface area contributed by atoms with Crippen LogP contribution in [0, 0.1) is 0 Å². The number of pyridine rings is 1. The molecule has 1 atom stereocenters. The molecule has 1 saturated carbocycles. The summed E-state index contributed by atoms with van der Waals surface area (Å²) in [6.07, 6.45) is 10.1. The maximum absolute atomic E-state index is 6.36. The lowest BCUT2D eigenvalue weighted by Crippen LogP contribution is -2.47. The normalized spacial score (nSPS) is 24.0. The van der Waals surface area contributed by atoms with Gasteiger partial charge in [-0.3, -0.25) is 4.98 Å². The third-order valence-electron chi connectivity index (χ3n) is 7.12. The molecule has 165 valence electrons. The van der Waals surface area contributed by atoms with Gasteiger partial charge in [0.15, 0.2) is 11.5 Å². The Bertz CT molecular complexity index is 854. The maximum Gasteiger partial charge on any atom is 0.165 e. The zero-order valence-electron chi connectivity index (χ0n) is 18.1. The minimum absolute atomic E-state index is 0. The number of rotatable bonds is 6. The number of aromatic nitrogens is 1. The third-order valence-corrected chi connectivity index (χ3v) is 7.12. The van der Waals surface area contributed by atoms with Crippen LogP contribution in [0.3, 0.4) is 0 Å². The van der Waals surface area contributed by atoms with Gasteiger partial charge in [0.05, 0.1) is 5.60 Å². The Morgan fingerprint density at radius 1 is 0.935 bits per heavy atom. The summed E-state index contributed by atoms with van der Waals surface area (Å²) in [5, 5.41) is 3.67. The van der Waals surface area contributed by atoms with Crippen molar-refractivity contribution in [2.75, 3.05) is 26.4 Å². The van der Waals surface area contributed by atoms with Crippen LogP contribution >= 0.6 is 0 Å². The van der Waals surface area contributed by atoms with Gasteiger partial charge in [-0.2, -0.15) is 0 Å². The second kappa shape index (κ2) is 9.55. The van der Waals surface area contributed by atoms with Crippen molar-refractivity contribution < 1.29 is 14.2 Å². The highest BCUT2D eigenvalue weighted by molar-refractivity contribution is 5.47. The first-order chi connectivity index (χ1) is 14.8. The van der Waals surface area contributed by atoms with Crippen LogP contribution < -0.4 is 20.9 Å². The molecule has 1 spiro atoms. The van der Waals surface area contributed by atoms with Gasteiger partial charge in [-0.05, 0) is 56.8 Å². The van der Waals surface area contributed by atoms with Gasteiger partial charge in [-0.15, -0.1) is 0 Å². The molecular formula is C25H32N3O3. The van der Waals surface area contributed by atoms with E-state index in [1.54, 1.807) is 0 Å². The van der Waals surface area contributed by atoms with E-state index < -0.39 is 0 Å². The number of nitrogens with zero attached hydrogens (tertiary/aromatic N) is 2. The largest absolute Gasteiger partial charge is 0.486 e. The molecule has 1 aromatic carbocycles. The zero-order chi connectivity index (χ0) is 20.3. The van der Waals surface area contributed by atoms with E-state index in [0.29, 0.717) is 13.2 Å². The van der Waals surface area contributed by atoms with Crippen molar-refractivity contribution in [1.82, 2.24) is 16.5 Å². The van der Waals surface area contributed by atoms with Crippen molar-refractivity contribution in [2.45, 2.75) is 62.5 Å². The summed E-state index contributed by atoms with van der Waals surface area (Å²) in [6, 6.07) is 12.5. The van der Waals surface area contributed by atoms with Crippen molar-refractivity contribution >= 4 is 0 Å². The van der Waals surface area contributed by atoms with Gasteiger partial charge in [0, 0.05) is 42.2 Å². The van der Waals surface area contributed by atoms with Crippen molar-refractivity contribution in [3.8, 4) is 11.5 Å². The van der Waals surface area contributed by atoms with Gasteiger partial charge >= 0.3 is 0 Å². The number of nitrogens with one attached hydrogen (secondary N) is 1. The maximum atomic E-state index is 6.36. The first-order valence-electron chi connectivity index (χ1n) is 11.4. The van der Waals surface area contributed by atoms with E-state index in [4.69, 9.17) is 19.2 Å². The summed E-state index contributed by atoms with van der Waals surface area (Å²) in [7, 11) is 0. The SMILES string of the molecule is [N].c1ccc(C2(CCNCc3cccc4c3OCCO4)CCOC3(CCCC3)C2)nc1. The summed E-state index contributed by atoms with van der Waals surface area (Å²) in [4.78, 5) is 4.80. The predicted octanol–water partition coefficient (Wildman–Crippen LogP) is 3.91. The molecule has 3 heterocycles. The molecule has 0 amide bonds. The van der Waals surface area contributed by atoms with Crippen LogP contribution in [0.5, 0.6) is 11.5 Å². The summed E-state index contributed by atoms with van der Waals surface area (Å²) in [6.45, 7) is 3.81.